The molecule has 0 unspecified atom stereocenters. The Balaban J connectivity index is 1.10. The van der Waals surface area contributed by atoms with Gasteiger partial charge in [-0.1, -0.05) is 60.1 Å². The summed E-state index contributed by atoms with van der Waals surface area (Å²) in [6.45, 7) is 14.7. The second-order valence-electron chi connectivity index (χ2n) is 23.1. The molecule has 0 aromatic rings. The van der Waals surface area contributed by atoms with E-state index in [-0.39, 0.29) is 39.4 Å². The van der Waals surface area contributed by atoms with Crippen LogP contribution in [0.3, 0.4) is 0 Å². The van der Waals surface area contributed by atoms with Gasteiger partial charge in [-0.25, -0.2) is 4.79 Å². The van der Waals surface area contributed by atoms with E-state index in [9.17, 15) is 60.7 Å². The van der Waals surface area contributed by atoms with Crippen LogP contribution < -0.4 is 0 Å². The smallest absolute Gasteiger partial charge is 0.335 e. The normalized spacial score (nSPS) is 52.8. The molecule has 0 aromatic carbocycles. The van der Waals surface area contributed by atoms with E-state index >= 15 is 0 Å². The summed E-state index contributed by atoms with van der Waals surface area (Å²) in [6, 6.07) is 0. The fraction of sp³-hybridized carbons (Fsp3) is 0.915. The monoisotopic (exact) mass is 926 g/mol. The molecule has 0 amide bonds. The maximum Gasteiger partial charge on any atom is 0.335 e. The van der Waals surface area contributed by atoms with Crippen molar-refractivity contribution >= 4 is 11.9 Å². The van der Waals surface area contributed by atoms with Gasteiger partial charge >= 0.3 is 11.9 Å². The number of allylic oxidation sites excluding steroid dienone is 2. The molecule has 0 aromatic heterocycles. The van der Waals surface area contributed by atoms with Gasteiger partial charge in [0.25, 0.3) is 0 Å². The number of fused-ring (bicyclic) bond motifs is 7. The van der Waals surface area contributed by atoms with E-state index < -0.39 is 128 Å². The van der Waals surface area contributed by atoms with Gasteiger partial charge in [-0.15, -0.1) is 0 Å². The van der Waals surface area contributed by atoms with E-state index in [0.29, 0.717) is 19.3 Å². The molecule has 8 rings (SSSR count). The molecule has 8 aliphatic rings. The molecule has 0 spiro atoms. The minimum Gasteiger partial charge on any atom is -0.481 e. The molecule has 65 heavy (non-hydrogen) atoms. The second-order valence-corrected chi connectivity index (χ2v) is 23.1. The zero-order chi connectivity index (χ0) is 47.6. The first-order chi connectivity index (χ1) is 30.3. The largest absolute Gasteiger partial charge is 0.481 e. The van der Waals surface area contributed by atoms with Crippen LogP contribution in [0.15, 0.2) is 11.6 Å². The first-order valence-corrected chi connectivity index (χ1v) is 23.7. The van der Waals surface area contributed by atoms with Crippen LogP contribution in [0.5, 0.6) is 0 Å². The molecule has 3 heterocycles. The lowest BCUT2D eigenvalue weighted by atomic mass is 9.33. The number of aliphatic hydroxyl groups is 8. The summed E-state index contributed by atoms with van der Waals surface area (Å²) in [6.07, 6.45) is -15.3. The van der Waals surface area contributed by atoms with Gasteiger partial charge in [-0.05, 0) is 109 Å². The van der Waals surface area contributed by atoms with Crippen molar-refractivity contribution in [3.05, 3.63) is 11.6 Å². The minimum absolute atomic E-state index is 0.0212. The Labute approximate surface area is 380 Å². The Bertz CT molecular complexity index is 1820. The van der Waals surface area contributed by atoms with E-state index in [1.807, 2.05) is 0 Å². The summed E-state index contributed by atoms with van der Waals surface area (Å²) in [4.78, 5) is 25.9. The van der Waals surface area contributed by atoms with Gasteiger partial charge in [0.2, 0.25) is 0 Å². The highest BCUT2D eigenvalue weighted by molar-refractivity contribution is 5.76. The zero-order valence-electron chi connectivity index (χ0n) is 38.7. The highest BCUT2D eigenvalue weighted by Crippen LogP contribution is 2.76. The second kappa shape index (κ2) is 17.2. The van der Waals surface area contributed by atoms with Gasteiger partial charge in [-0.2, -0.15) is 0 Å². The van der Waals surface area contributed by atoms with Crippen molar-refractivity contribution in [2.45, 2.75) is 205 Å². The van der Waals surface area contributed by atoms with Crippen LogP contribution in [-0.2, 0) is 38.0 Å². The third kappa shape index (κ3) is 7.76. The molecular formula is C47H74O18. The van der Waals surface area contributed by atoms with Crippen LogP contribution in [0, 0.1) is 50.2 Å². The minimum atomic E-state index is -2.06. The van der Waals surface area contributed by atoms with E-state index in [2.05, 4.69) is 54.5 Å². The average Bonchev–Trinajstić information content (AvgIpc) is 3.23. The summed E-state index contributed by atoms with van der Waals surface area (Å²) in [5.41, 5.74) is -0.471. The first-order valence-electron chi connectivity index (χ1n) is 23.7. The lowest BCUT2D eigenvalue weighted by Gasteiger charge is -2.71. The van der Waals surface area contributed by atoms with Crippen molar-refractivity contribution in [2.75, 3.05) is 13.2 Å². The SMILES string of the molecule is CC1(C)CC[C@]2(C(=O)O)CC[C@]3(C)C(=CC[C@@H]4[C@@]5(C)CC[C@H](O[C@@H]6O[C@H](C(=O)O)[C@@H](O)[C@H](O[C@@H]7O[C@H](CO)[C@@H](O)[C@H](O)[C@H]7O)[C@H]6O[C@@H]6OC[C@H](O)[C@H](O)[C@H]6O)C(C)(C)[C@@H]5CC[C@]43C)[C@@H]2C1. The summed E-state index contributed by atoms with van der Waals surface area (Å²) >= 11 is 0. The summed E-state index contributed by atoms with van der Waals surface area (Å²) in [5.74, 6) is -1.95. The molecule has 3 saturated heterocycles. The highest BCUT2D eigenvalue weighted by atomic mass is 16.8. The number of carboxylic acids is 2. The fourth-order valence-corrected chi connectivity index (χ4v) is 14.8. The Kier molecular flexibility index (Phi) is 13.1. The average molecular weight is 927 g/mol. The van der Waals surface area contributed by atoms with Crippen molar-refractivity contribution in [3.8, 4) is 0 Å². The van der Waals surface area contributed by atoms with Crippen molar-refractivity contribution in [2.24, 2.45) is 50.2 Å². The van der Waals surface area contributed by atoms with Gasteiger partial charge in [0.1, 0.15) is 61.0 Å². The lowest BCUT2D eigenvalue weighted by Crippen LogP contribution is -2.68. The van der Waals surface area contributed by atoms with Crippen LogP contribution in [0.2, 0.25) is 0 Å². The topological polar surface area (TPSA) is 292 Å². The van der Waals surface area contributed by atoms with Crippen LogP contribution in [0.1, 0.15) is 113 Å². The van der Waals surface area contributed by atoms with Gasteiger partial charge < -0.3 is 79.5 Å². The number of hydrogen-bond acceptors (Lipinski definition) is 16. The van der Waals surface area contributed by atoms with Crippen LogP contribution in [0.25, 0.3) is 0 Å². The van der Waals surface area contributed by atoms with Gasteiger partial charge in [0.15, 0.2) is 25.0 Å². The molecule has 7 fully saturated rings. The maximum atomic E-state index is 13.2. The number of ether oxygens (including phenoxy) is 6. The predicted octanol–water partition coefficient (Wildman–Crippen LogP) is 1.44. The standard InChI is InChI=1S/C47H74O18/c1-42(2)14-16-47(41(58)59)17-15-45(6)21(22(47)18-42)8-9-26-44(5)12-11-27(43(3,4)25(44)10-13-46(26,45)7)62-40-36(65-38-31(53)28(50)23(49)20-60-38)34(33(55)35(64-40)37(56)57)63-39-32(54)30(52)29(51)24(19-48)61-39/h8,22-36,38-40,48-55H,9-20H2,1-7H3,(H,56,57)(H,58,59)/t22-,23-,24+,25-,26+,27-,28-,29+,30-,31+,32+,33-,34-,35-,36+,38-,39-,40+,44-,45+,46+,47-/m0/s1. The molecule has 4 saturated carbocycles. The summed E-state index contributed by atoms with van der Waals surface area (Å²) in [7, 11) is 0. The highest BCUT2D eigenvalue weighted by Gasteiger charge is 2.70. The Hall–Kier alpha value is -1.88. The Morgan fingerprint density at radius 3 is 2.02 bits per heavy atom. The molecule has 18 nitrogen and oxygen atoms in total. The molecule has 0 radical (unpaired) electrons. The van der Waals surface area contributed by atoms with Crippen molar-refractivity contribution in [3.63, 3.8) is 0 Å². The molecule has 3 aliphatic heterocycles. The quantitative estimate of drug-likeness (QED) is 0.116. The summed E-state index contributed by atoms with van der Waals surface area (Å²) in [5, 5.41) is 106. The molecule has 18 heteroatoms. The predicted molar refractivity (Wildman–Crippen MR) is 225 cm³/mol. The van der Waals surface area contributed by atoms with Crippen molar-refractivity contribution in [1.29, 1.82) is 0 Å². The molecular weight excluding hydrogens is 852 g/mol. The van der Waals surface area contributed by atoms with Crippen molar-refractivity contribution < 1.29 is 89.1 Å². The third-order valence-corrected chi connectivity index (χ3v) is 18.9. The van der Waals surface area contributed by atoms with Crippen LogP contribution >= 0.6 is 0 Å². The third-order valence-electron chi connectivity index (χ3n) is 18.9. The fourth-order valence-electron chi connectivity index (χ4n) is 14.8. The number of carboxylic acid groups (broad SMARTS) is 2. The van der Waals surface area contributed by atoms with Gasteiger partial charge in [-0.3, -0.25) is 4.79 Å². The van der Waals surface area contributed by atoms with E-state index in [1.54, 1.807) is 0 Å². The van der Waals surface area contributed by atoms with E-state index in [0.717, 1.165) is 44.9 Å². The molecule has 0 bridgehead atoms. The van der Waals surface area contributed by atoms with Crippen LogP contribution in [-0.4, -0.2) is 168 Å². The lowest BCUT2D eigenvalue weighted by molar-refractivity contribution is -0.391. The van der Waals surface area contributed by atoms with E-state index in [4.69, 9.17) is 28.4 Å². The molecule has 5 aliphatic carbocycles. The summed E-state index contributed by atoms with van der Waals surface area (Å²) < 4.78 is 36.3. The Morgan fingerprint density at radius 2 is 1.35 bits per heavy atom. The van der Waals surface area contributed by atoms with Crippen LogP contribution in [0.4, 0.5) is 0 Å². The van der Waals surface area contributed by atoms with E-state index in [1.165, 1.54) is 5.57 Å². The van der Waals surface area contributed by atoms with Crippen molar-refractivity contribution in [1.82, 2.24) is 0 Å². The number of rotatable bonds is 9. The molecule has 22 atom stereocenters. The van der Waals surface area contributed by atoms with Gasteiger partial charge in [0.05, 0.1) is 24.7 Å². The maximum absolute atomic E-state index is 13.2. The Morgan fingerprint density at radius 1 is 0.692 bits per heavy atom. The number of hydrogen-bond donors (Lipinski definition) is 10. The van der Waals surface area contributed by atoms with Gasteiger partial charge in [0, 0.05) is 0 Å². The molecule has 370 valence electrons. The first kappa shape index (κ1) is 49.5. The number of aliphatic hydroxyl groups excluding tert-OH is 8. The number of carbonyl (C=O) groups is 2. The zero-order valence-corrected chi connectivity index (χ0v) is 38.7. The number of aliphatic carboxylic acids is 2. The molecule has 10 N–H and O–H groups in total.